The molecule has 0 aromatic rings. The van der Waals surface area contributed by atoms with E-state index in [9.17, 15) is 14.7 Å². The molecule has 6 heteroatoms. The van der Waals surface area contributed by atoms with Crippen molar-refractivity contribution in [2.75, 3.05) is 13.2 Å². The van der Waals surface area contributed by atoms with E-state index in [-0.39, 0.29) is 12.5 Å². The van der Waals surface area contributed by atoms with E-state index in [4.69, 9.17) is 5.11 Å². The number of imide groups is 1. The Hall–Kier alpha value is -1.14. The van der Waals surface area contributed by atoms with Crippen LogP contribution in [0.15, 0.2) is 0 Å². The summed E-state index contributed by atoms with van der Waals surface area (Å²) >= 11 is 0. The molecular formula is C12H20N2O4. The Labute approximate surface area is 106 Å². The molecule has 2 rings (SSSR count). The lowest BCUT2D eigenvalue weighted by atomic mass is 9.75. The van der Waals surface area contributed by atoms with Gasteiger partial charge < -0.3 is 15.1 Å². The van der Waals surface area contributed by atoms with Crippen molar-refractivity contribution in [1.29, 1.82) is 0 Å². The molecule has 3 unspecified atom stereocenters. The van der Waals surface area contributed by atoms with Gasteiger partial charge in [-0.05, 0) is 18.8 Å². The first-order chi connectivity index (χ1) is 8.49. The van der Waals surface area contributed by atoms with E-state index < -0.39 is 24.3 Å². The first kappa shape index (κ1) is 13.3. The number of urea groups is 1. The normalized spacial score (nSPS) is 33.9. The quantitative estimate of drug-likeness (QED) is 0.612. The lowest BCUT2D eigenvalue weighted by molar-refractivity contribution is -0.129. The van der Waals surface area contributed by atoms with Gasteiger partial charge in [0.15, 0.2) is 0 Å². The standard InChI is InChI=1S/C12H20N2O4/c1-8-3-2-4-12(5-8)10(17)13-11(18)14(12)6-9(16)7-15/h8-9,15-16H,2-7H2,1H3,(H,13,17,18). The molecule has 0 radical (unpaired) electrons. The number of amides is 3. The molecule has 1 saturated carbocycles. The third kappa shape index (κ3) is 2.10. The molecule has 3 N–H and O–H groups in total. The van der Waals surface area contributed by atoms with Crippen LogP contribution in [0.25, 0.3) is 0 Å². The Morgan fingerprint density at radius 1 is 1.56 bits per heavy atom. The van der Waals surface area contributed by atoms with Crippen LogP contribution in [0.3, 0.4) is 0 Å². The highest BCUT2D eigenvalue weighted by Gasteiger charge is 2.54. The Morgan fingerprint density at radius 2 is 2.28 bits per heavy atom. The second-order valence-electron chi connectivity index (χ2n) is 5.44. The van der Waals surface area contributed by atoms with Crippen LogP contribution in [-0.2, 0) is 4.79 Å². The summed E-state index contributed by atoms with van der Waals surface area (Å²) in [6.07, 6.45) is 2.21. The summed E-state index contributed by atoms with van der Waals surface area (Å²) in [7, 11) is 0. The second-order valence-corrected chi connectivity index (χ2v) is 5.44. The summed E-state index contributed by atoms with van der Waals surface area (Å²) in [5, 5.41) is 20.7. The van der Waals surface area contributed by atoms with Crippen molar-refractivity contribution in [1.82, 2.24) is 10.2 Å². The topological polar surface area (TPSA) is 89.9 Å². The number of nitrogens with zero attached hydrogens (tertiary/aromatic N) is 1. The minimum atomic E-state index is -1.00. The number of β-amino-alcohol motifs (C(OH)–C–C–N with tert-alkyl or cyclic N) is 1. The zero-order chi connectivity index (χ0) is 13.3. The predicted octanol–water partition coefficient (Wildman–Crippen LogP) is -0.160. The molecule has 1 spiro atoms. The molecule has 1 saturated heterocycles. The Morgan fingerprint density at radius 3 is 2.89 bits per heavy atom. The van der Waals surface area contributed by atoms with Gasteiger partial charge in [-0.2, -0.15) is 0 Å². The van der Waals surface area contributed by atoms with Crippen LogP contribution in [0.2, 0.25) is 0 Å². The van der Waals surface area contributed by atoms with Crippen molar-refractivity contribution in [3.63, 3.8) is 0 Å². The fourth-order valence-corrected chi connectivity index (χ4v) is 3.10. The van der Waals surface area contributed by atoms with E-state index in [1.165, 1.54) is 4.90 Å². The molecule has 1 aliphatic heterocycles. The van der Waals surface area contributed by atoms with Crippen LogP contribution in [-0.4, -0.2) is 51.8 Å². The van der Waals surface area contributed by atoms with Gasteiger partial charge in [0.2, 0.25) is 0 Å². The molecule has 6 nitrogen and oxygen atoms in total. The zero-order valence-electron chi connectivity index (χ0n) is 10.6. The number of carbonyl (C=O) groups excluding carboxylic acids is 2. The average Bonchev–Trinajstić information content (AvgIpc) is 2.53. The molecule has 1 aliphatic carbocycles. The molecule has 0 aromatic carbocycles. The van der Waals surface area contributed by atoms with Crippen LogP contribution in [0, 0.1) is 5.92 Å². The molecule has 102 valence electrons. The van der Waals surface area contributed by atoms with Gasteiger partial charge in [-0.1, -0.05) is 19.8 Å². The summed E-state index contributed by atoms with van der Waals surface area (Å²) in [4.78, 5) is 25.3. The van der Waals surface area contributed by atoms with Crippen LogP contribution in [0.4, 0.5) is 4.79 Å². The highest BCUT2D eigenvalue weighted by Crippen LogP contribution is 2.39. The van der Waals surface area contributed by atoms with Crippen molar-refractivity contribution < 1.29 is 19.8 Å². The van der Waals surface area contributed by atoms with Gasteiger partial charge in [0.1, 0.15) is 5.54 Å². The number of hydrogen-bond acceptors (Lipinski definition) is 4. The van der Waals surface area contributed by atoms with E-state index in [0.717, 1.165) is 12.8 Å². The SMILES string of the molecule is CC1CCCC2(C1)C(=O)NC(=O)N2CC(O)CO. The average molecular weight is 256 g/mol. The third-order valence-corrected chi connectivity index (χ3v) is 3.98. The molecular weight excluding hydrogens is 236 g/mol. The fourth-order valence-electron chi connectivity index (χ4n) is 3.10. The van der Waals surface area contributed by atoms with Crippen LogP contribution >= 0.6 is 0 Å². The maximum atomic E-state index is 12.1. The molecule has 2 aliphatic rings. The molecule has 2 fully saturated rings. The number of hydrogen-bond donors (Lipinski definition) is 3. The maximum absolute atomic E-state index is 12.1. The van der Waals surface area contributed by atoms with Crippen molar-refractivity contribution in [3.05, 3.63) is 0 Å². The number of aliphatic hydroxyl groups excluding tert-OH is 2. The predicted molar refractivity (Wildman–Crippen MR) is 63.7 cm³/mol. The minimum absolute atomic E-state index is 0.000787. The smallest absolute Gasteiger partial charge is 0.325 e. The van der Waals surface area contributed by atoms with E-state index >= 15 is 0 Å². The zero-order valence-corrected chi connectivity index (χ0v) is 10.6. The number of nitrogens with one attached hydrogen (secondary N) is 1. The van der Waals surface area contributed by atoms with Gasteiger partial charge in [-0.3, -0.25) is 10.1 Å². The molecule has 3 atom stereocenters. The first-order valence-corrected chi connectivity index (χ1v) is 6.41. The van der Waals surface area contributed by atoms with Crippen molar-refractivity contribution in [2.45, 2.75) is 44.2 Å². The van der Waals surface area contributed by atoms with Gasteiger partial charge in [0.05, 0.1) is 19.3 Å². The van der Waals surface area contributed by atoms with Gasteiger partial charge in [-0.15, -0.1) is 0 Å². The second kappa shape index (κ2) is 4.85. The Bertz CT molecular complexity index is 360. The molecule has 18 heavy (non-hydrogen) atoms. The van der Waals surface area contributed by atoms with Crippen LogP contribution in [0.5, 0.6) is 0 Å². The Balaban J connectivity index is 2.23. The van der Waals surface area contributed by atoms with Gasteiger partial charge in [0, 0.05) is 0 Å². The lowest BCUT2D eigenvalue weighted by Gasteiger charge is -2.41. The molecule has 3 amide bonds. The molecule has 0 aromatic heterocycles. The van der Waals surface area contributed by atoms with Crippen LogP contribution in [0.1, 0.15) is 32.6 Å². The fraction of sp³-hybridized carbons (Fsp3) is 0.833. The summed E-state index contributed by atoms with van der Waals surface area (Å²) in [6, 6.07) is -0.457. The van der Waals surface area contributed by atoms with Crippen LogP contribution < -0.4 is 5.32 Å². The van der Waals surface area contributed by atoms with Crippen molar-refractivity contribution >= 4 is 11.9 Å². The first-order valence-electron chi connectivity index (χ1n) is 6.41. The maximum Gasteiger partial charge on any atom is 0.325 e. The van der Waals surface area contributed by atoms with E-state index in [1.54, 1.807) is 0 Å². The van der Waals surface area contributed by atoms with E-state index in [0.29, 0.717) is 18.8 Å². The Kier molecular flexibility index (Phi) is 3.59. The highest BCUT2D eigenvalue weighted by molar-refractivity contribution is 6.07. The van der Waals surface area contributed by atoms with E-state index in [2.05, 4.69) is 12.2 Å². The summed E-state index contributed by atoms with van der Waals surface area (Å²) in [6.45, 7) is 1.65. The summed E-state index contributed by atoms with van der Waals surface area (Å²) < 4.78 is 0. The summed E-state index contributed by atoms with van der Waals surface area (Å²) in [5.74, 6) is 0.119. The van der Waals surface area contributed by atoms with E-state index in [1.807, 2.05) is 0 Å². The van der Waals surface area contributed by atoms with Crippen molar-refractivity contribution in [2.24, 2.45) is 5.92 Å². The largest absolute Gasteiger partial charge is 0.394 e. The minimum Gasteiger partial charge on any atom is -0.394 e. The molecule has 0 bridgehead atoms. The number of rotatable bonds is 3. The highest BCUT2D eigenvalue weighted by atomic mass is 16.3. The third-order valence-electron chi connectivity index (χ3n) is 3.98. The van der Waals surface area contributed by atoms with Gasteiger partial charge in [0.25, 0.3) is 5.91 Å². The van der Waals surface area contributed by atoms with Crippen molar-refractivity contribution in [3.8, 4) is 0 Å². The molecule has 1 heterocycles. The number of carbonyl (C=O) groups is 2. The lowest BCUT2D eigenvalue weighted by Crippen LogP contribution is -2.54. The van der Waals surface area contributed by atoms with Gasteiger partial charge in [-0.25, -0.2) is 4.79 Å². The number of aliphatic hydroxyl groups is 2. The summed E-state index contributed by atoms with van der Waals surface area (Å²) in [5.41, 5.74) is -0.815. The van der Waals surface area contributed by atoms with Gasteiger partial charge >= 0.3 is 6.03 Å². The monoisotopic (exact) mass is 256 g/mol.